The summed E-state index contributed by atoms with van der Waals surface area (Å²) in [5, 5.41) is 0.298. The molecule has 2 heterocycles. The number of nitrogens with one attached hydrogen (secondary N) is 1. The number of methoxy groups -OCH3 is 1. The van der Waals surface area contributed by atoms with Crippen LogP contribution >= 0.6 is 11.8 Å². The number of amides is 1. The minimum absolute atomic E-state index is 0.0348. The minimum atomic E-state index is -2.95. The molecule has 0 spiro atoms. The SMILES string of the molecule is COc1ccc(C=C2N=C(SCC(=O)c3ccc[nH]3)N(c3ccc(OC(F)F)cc3)C2=O)cc1. The van der Waals surface area contributed by atoms with Gasteiger partial charge in [0.1, 0.15) is 17.2 Å². The summed E-state index contributed by atoms with van der Waals surface area (Å²) in [5.74, 6) is 0.125. The number of H-pyrrole nitrogens is 1. The molecule has 174 valence electrons. The van der Waals surface area contributed by atoms with E-state index in [0.29, 0.717) is 22.3 Å². The lowest BCUT2D eigenvalue weighted by molar-refractivity contribution is -0.113. The maximum Gasteiger partial charge on any atom is 0.387 e. The van der Waals surface area contributed by atoms with Gasteiger partial charge in [0.05, 0.1) is 24.2 Å². The number of carbonyl (C=O) groups is 2. The van der Waals surface area contributed by atoms with E-state index >= 15 is 0 Å². The van der Waals surface area contributed by atoms with E-state index in [2.05, 4.69) is 14.7 Å². The molecular formula is C24H19F2N3O4S. The summed E-state index contributed by atoms with van der Waals surface area (Å²) in [5.41, 5.74) is 1.77. The van der Waals surface area contributed by atoms with Gasteiger partial charge in [-0.3, -0.25) is 14.5 Å². The number of thioether (sulfide) groups is 1. The maximum absolute atomic E-state index is 13.2. The monoisotopic (exact) mass is 483 g/mol. The molecule has 0 fully saturated rings. The first-order valence-corrected chi connectivity index (χ1v) is 11.1. The van der Waals surface area contributed by atoms with Gasteiger partial charge in [0.15, 0.2) is 11.0 Å². The van der Waals surface area contributed by atoms with E-state index in [-0.39, 0.29) is 23.0 Å². The van der Waals surface area contributed by atoms with E-state index < -0.39 is 12.5 Å². The fourth-order valence-electron chi connectivity index (χ4n) is 3.17. The fraction of sp³-hybridized carbons (Fsp3) is 0.125. The van der Waals surface area contributed by atoms with Gasteiger partial charge in [0, 0.05) is 6.20 Å². The summed E-state index contributed by atoms with van der Waals surface area (Å²) >= 11 is 1.11. The highest BCUT2D eigenvalue weighted by Gasteiger charge is 2.32. The van der Waals surface area contributed by atoms with Crippen molar-refractivity contribution in [2.75, 3.05) is 17.8 Å². The molecule has 34 heavy (non-hydrogen) atoms. The summed E-state index contributed by atoms with van der Waals surface area (Å²) in [6, 6.07) is 16.1. The lowest BCUT2D eigenvalue weighted by Gasteiger charge is -2.18. The lowest BCUT2D eigenvalue weighted by atomic mass is 10.2. The van der Waals surface area contributed by atoms with Gasteiger partial charge in [-0.05, 0) is 60.2 Å². The molecule has 0 radical (unpaired) electrons. The average Bonchev–Trinajstić information content (AvgIpc) is 3.47. The number of nitrogens with zero attached hydrogens (tertiary/aromatic N) is 2. The Hall–Kier alpha value is -3.92. The molecule has 4 rings (SSSR count). The topological polar surface area (TPSA) is 84.0 Å². The average molecular weight is 483 g/mol. The van der Waals surface area contributed by atoms with Crippen molar-refractivity contribution in [2.24, 2.45) is 4.99 Å². The number of Topliss-reactive ketones (excluding diaryl/α,β-unsaturated/α-hetero) is 1. The molecule has 1 aromatic heterocycles. The van der Waals surface area contributed by atoms with E-state index in [9.17, 15) is 18.4 Å². The highest BCUT2D eigenvalue weighted by Crippen LogP contribution is 2.31. The minimum Gasteiger partial charge on any atom is -0.497 e. The van der Waals surface area contributed by atoms with Crippen molar-refractivity contribution in [1.29, 1.82) is 0 Å². The Morgan fingerprint density at radius 2 is 1.82 bits per heavy atom. The number of aromatic amines is 1. The number of alkyl halides is 2. The zero-order valence-electron chi connectivity index (χ0n) is 17.9. The molecule has 0 saturated carbocycles. The smallest absolute Gasteiger partial charge is 0.387 e. The molecule has 0 saturated heterocycles. The summed E-state index contributed by atoms with van der Waals surface area (Å²) in [7, 11) is 1.56. The second-order valence-corrected chi connectivity index (χ2v) is 7.95. The molecule has 0 unspecified atom stereocenters. The van der Waals surface area contributed by atoms with Crippen LogP contribution in [-0.4, -0.2) is 41.3 Å². The number of ketones is 1. The van der Waals surface area contributed by atoms with Gasteiger partial charge < -0.3 is 14.5 Å². The first kappa shape index (κ1) is 23.2. The van der Waals surface area contributed by atoms with Gasteiger partial charge in [-0.25, -0.2) is 4.99 Å². The molecule has 1 N–H and O–H groups in total. The van der Waals surface area contributed by atoms with Crippen molar-refractivity contribution in [2.45, 2.75) is 6.61 Å². The van der Waals surface area contributed by atoms with E-state index in [1.165, 1.54) is 29.2 Å². The Bertz CT molecular complexity index is 1220. The van der Waals surface area contributed by atoms with Gasteiger partial charge in [-0.1, -0.05) is 23.9 Å². The zero-order valence-corrected chi connectivity index (χ0v) is 18.7. The van der Waals surface area contributed by atoms with E-state index in [4.69, 9.17) is 4.74 Å². The Balaban J connectivity index is 1.61. The first-order valence-electron chi connectivity index (χ1n) is 10.1. The van der Waals surface area contributed by atoms with Gasteiger partial charge >= 0.3 is 6.61 Å². The Kier molecular flexibility index (Phi) is 7.07. The predicted octanol–water partition coefficient (Wildman–Crippen LogP) is 4.98. The molecule has 0 atom stereocenters. The van der Waals surface area contributed by atoms with Gasteiger partial charge in [0.2, 0.25) is 0 Å². The Morgan fingerprint density at radius 1 is 1.12 bits per heavy atom. The first-order chi connectivity index (χ1) is 16.4. The summed E-state index contributed by atoms with van der Waals surface area (Å²) in [6.07, 6.45) is 3.28. The zero-order chi connectivity index (χ0) is 24.1. The Morgan fingerprint density at radius 3 is 2.44 bits per heavy atom. The van der Waals surface area contributed by atoms with Crippen LogP contribution in [0.4, 0.5) is 14.5 Å². The molecule has 1 amide bonds. The number of anilines is 1. The standard InChI is InChI=1S/C24H19F2N3O4S/c1-32-17-8-4-15(5-9-17)13-20-22(31)29(16-6-10-18(11-7-16)33-23(25)26)24(28-20)34-14-21(30)19-3-2-12-27-19/h2-13,23,27H,14H2,1H3. The predicted molar refractivity (Wildman–Crippen MR) is 127 cm³/mol. The van der Waals surface area contributed by atoms with Gasteiger partial charge in [-0.2, -0.15) is 8.78 Å². The highest BCUT2D eigenvalue weighted by molar-refractivity contribution is 8.14. The molecule has 0 aliphatic carbocycles. The van der Waals surface area contributed by atoms with Crippen LogP contribution in [-0.2, 0) is 4.79 Å². The third-order valence-electron chi connectivity index (χ3n) is 4.80. The molecule has 3 aromatic rings. The maximum atomic E-state index is 13.2. The van der Waals surface area contributed by atoms with Crippen molar-refractivity contribution in [3.8, 4) is 11.5 Å². The largest absolute Gasteiger partial charge is 0.497 e. The van der Waals surface area contributed by atoms with Crippen LogP contribution in [0.2, 0.25) is 0 Å². The number of aliphatic imine (C=N–C) groups is 1. The molecule has 2 aromatic carbocycles. The van der Waals surface area contributed by atoms with E-state index in [1.54, 1.807) is 55.8 Å². The molecule has 10 heteroatoms. The third kappa shape index (κ3) is 5.34. The Labute approximate surface area is 198 Å². The van der Waals surface area contributed by atoms with Crippen molar-refractivity contribution < 1.29 is 27.8 Å². The van der Waals surface area contributed by atoms with Crippen LogP contribution < -0.4 is 14.4 Å². The quantitative estimate of drug-likeness (QED) is 0.361. The van der Waals surface area contributed by atoms with Crippen LogP contribution in [0, 0.1) is 0 Å². The third-order valence-corrected chi connectivity index (χ3v) is 5.74. The van der Waals surface area contributed by atoms with Crippen LogP contribution in [0.5, 0.6) is 11.5 Å². The van der Waals surface area contributed by atoms with Crippen LogP contribution in [0.15, 0.2) is 77.5 Å². The van der Waals surface area contributed by atoms with Crippen LogP contribution in [0.1, 0.15) is 16.1 Å². The molecular weight excluding hydrogens is 464 g/mol. The molecule has 0 bridgehead atoms. The summed E-state index contributed by atoms with van der Waals surface area (Å²) < 4.78 is 34.5. The molecule has 1 aliphatic rings. The fourth-order valence-corrected chi connectivity index (χ4v) is 4.06. The normalized spacial score (nSPS) is 14.6. The second kappa shape index (κ2) is 10.3. The van der Waals surface area contributed by atoms with Crippen molar-refractivity contribution in [1.82, 2.24) is 4.98 Å². The number of aromatic nitrogens is 1. The number of carbonyl (C=O) groups excluding carboxylic acids is 2. The lowest BCUT2D eigenvalue weighted by Crippen LogP contribution is -2.30. The number of hydrogen-bond donors (Lipinski definition) is 1. The molecule has 1 aliphatic heterocycles. The van der Waals surface area contributed by atoms with Crippen molar-refractivity contribution >= 4 is 40.4 Å². The molecule has 7 nitrogen and oxygen atoms in total. The summed E-state index contributed by atoms with van der Waals surface area (Å²) in [4.78, 5) is 34.3. The van der Waals surface area contributed by atoms with Crippen LogP contribution in [0.25, 0.3) is 6.08 Å². The van der Waals surface area contributed by atoms with Gasteiger partial charge in [-0.15, -0.1) is 0 Å². The van der Waals surface area contributed by atoms with Gasteiger partial charge in [0.25, 0.3) is 5.91 Å². The summed E-state index contributed by atoms with van der Waals surface area (Å²) in [6.45, 7) is -2.95. The van der Waals surface area contributed by atoms with Crippen molar-refractivity contribution in [3.05, 3.63) is 83.8 Å². The number of amidine groups is 1. The van der Waals surface area contributed by atoms with E-state index in [0.717, 1.165) is 17.3 Å². The van der Waals surface area contributed by atoms with Crippen molar-refractivity contribution in [3.63, 3.8) is 0 Å². The van der Waals surface area contributed by atoms with Crippen LogP contribution in [0.3, 0.4) is 0 Å². The van der Waals surface area contributed by atoms with E-state index in [1.807, 2.05) is 0 Å². The number of halogens is 2. The number of rotatable bonds is 8. The number of benzene rings is 2. The number of ether oxygens (including phenoxy) is 2. The number of hydrogen-bond acceptors (Lipinski definition) is 6. The highest BCUT2D eigenvalue weighted by atomic mass is 32.2. The second-order valence-electron chi connectivity index (χ2n) is 7.01.